The lowest BCUT2D eigenvalue weighted by atomic mass is 9.69. The fourth-order valence-electron chi connectivity index (χ4n) is 2.95. The summed E-state index contributed by atoms with van der Waals surface area (Å²) in [5.41, 5.74) is 0.263. The molecular formula is C17H22O3. The zero-order chi connectivity index (χ0) is 14.4. The van der Waals surface area contributed by atoms with Crippen molar-refractivity contribution in [3.8, 4) is 0 Å². The molecule has 1 atom stereocenters. The van der Waals surface area contributed by atoms with Crippen molar-refractivity contribution in [1.29, 1.82) is 0 Å². The van der Waals surface area contributed by atoms with Gasteiger partial charge >= 0.3 is 5.97 Å². The van der Waals surface area contributed by atoms with Gasteiger partial charge in [-0.15, -0.1) is 0 Å². The number of benzene rings is 1. The van der Waals surface area contributed by atoms with Gasteiger partial charge in [-0.05, 0) is 38.2 Å². The number of hydrogen-bond donors (Lipinski definition) is 0. The number of aryl methyl sites for hydroxylation is 1. The van der Waals surface area contributed by atoms with Gasteiger partial charge in [0, 0.05) is 6.42 Å². The molecule has 0 aliphatic heterocycles. The summed E-state index contributed by atoms with van der Waals surface area (Å²) < 4.78 is 5.18. The quantitative estimate of drug-likeness (QED) is 0.611. The summed E-state index contributed by atoms with van der Waals surface area (Å²) in [6.07, 6.45) is 4.27. The van der Waals surface area contributed by atoms with Crippen molar-refractivity contribution in [1.82, 2.24) is 0 Å². The number of carbonyl (C=O) groups is 2. The molecule has 0 heterocycles. The van der Waals surface area contributed by atoms with E-state index in [-0.39, 0.29) is 11.8 Å². The van der Waals surface area contributed by atoms with E-state index in [9.17, 15) is 9.59 Å². The van der Waals surface area contributed by atoms with Crippen LogP contribution in [0.25, 0.3) is 0 Å². The second kappa shape index (κ2) is 6.69. The SMILES string of the molecule is CCOC(=O)C1(CCc2ccccc2)CCCCC1=O. The Kier molecular flexibility index (Phi) is 4.94. The van der Waals surface area contributed by atoms with Crippen LogP contribution in [0, 0.1) is 5.41 Å². The van der Waals surface area contributed by atoms with Crippen molar-refractivity contribution in [2.75, 3.05) is 6.61 Å². The highest BCUT2D eigenvalue weighted by atomic mass is 16.5. The highest BCUT2D eigenvalue weighted by Crippen LogP contribution is 2.38. The summed E-state index contributed by atoms with van der Waals surface area (Å²) in [5, 5.41) is 0. The van der Waals surface area contributed by atoms with Crippen LogP contribution in [0.1, 0.15) is 44.6 Å². The Morgan fingerprint density at radius 2 is 2.00 bits per heavy atom. The third kappa shape index (κ3) is 3.09. The van der Waals surface area contributed by atoms with E-state index in [1.165, 1.54) is 0 Å². The molecule has 2 rings (SSSR count). The molecule has 108 valence electrons. The molecule has 3 nitrogen and oxygen atoms in total. The predicted octanol–water partition coefficient (Wildman–Crippen LogP) is 3.31. The average Bonchev–Trinajstić information content (AvgIpc) is 2.48. The van der Waals surface area contributed by atoms with Crippen molar-refractivity contribution < 1.29 is 14.3 Å². The molecule has 1 aromatic carbocycles. The van der Waals surface area contributed by atoms with Crippen molar-refractivity contribution in [3.63, 3.8) is 0 Å². The van der Waals surface area contributed by atoms with E-state index in [2.05, 4.69) is 0 Å². The largest absolute Gasteiger partial charge is 0.465 e. The first-order chi connectivity index (χ1) is 9.69. The number of hydrogen-bond acceptors (Lipinski definition) is 3. The zero-order valence-corrected chi connectivity index (χ0v) is 12.1. The molecule has 1 aliphatic rings. The summed E-state index contributed by atoms with van der Waals surface area (Å²) in [6, 6.07) is 10.00. The van der Waals surface area contributed by atoms with E-state index >= 15 is 0 Å². The Morgan fingerprint density at radius 1 is 1.25 bits per heavy atom. The number of esters is 1. The van der Waals surface area contributed by atoms with Crippen LogP contribution in [0.15, 0.2) is 30.3 Å². The molecule has 3 heteroatoms. The number of rotatable bonds is 5. The monoisotopic (exact) mass is 274 g/mol. The first kappa shape index (κ1) is 14.8. The van der Waals surface area contributed by atoms with Crippen LogP contribution in [-0.4, -0.2) is 18.4 Å². The van der Waals surface area contributed by atoms with Crippen molar-refractivity contribution in [2.45, 2.75) is 45.4 Å². The molecular weight excluding hydrogens is 252 g/mol. The molecule has 0 spiro atoms. The predicted molar refractivity (Wildman–Crippen MR) is 77.3 cm³/mol. The van der Waals surface area contributed by atoms with Gasteiger partial charge < -0.3 is 4.74 Å². The standard InChI is InChI=1S/C17H22O3/c1-2-20-16(19)17(12-7-6-10-15(17)18)13-11-14-8-4-3-5-9-14/h3-5,8-9H,2,6-7,10-13H2,1H3. The molecule has 1 unspecified atom stereocenters. The maximum Gasteiger partial charge on any atom is 0.319 e. The second-order valence-corrected chi connectivity index (χ2v) is 5.42. The minimum atomic E-state index is -0.899. The van der Waals surface area contributed by atoms with Crippen LogP contribution in [-0.2, 0) is 20.7 Å². The summed E-state index contributed by atoms with van der Waals surface area (Å²) in [4.78, 5) is 24.7. The van der Waals surface area contributed by atoms with Gasteiger partial charge in [-0.25, -0.2) is 0 Å². The molecule has 0 saturated heterocycles. The van der Waals surface area contributed by atoms with E-state index in [0.717, 1.165) is 24.8 Å². The molecule has 1 aromatic rings. The molecule has 20 heavy (non-hydrogen) atoms. The summed E-state index contributed by atoms with van der Waals surface area (Å²) in [5.74, 6) is -0.251. The highest BCUT2D eigenvalue weighted by molar-refractivity contribution is 6.04. The van der Waals surface area contributed by atoms with Gasteiger partial charge in [0.25, 0.3) is 0 Å². The van der Waals surface area contributed by atoms with Gasteiger partial charge in [-0.1, -0.05) is 36.8 Å². The number of ketones is 1. The van der Waals surface area contributed by atoms with Gasteiger partial charge in [0.05, 0.1) is 6.61 Å². The summed E-state index contributed by atoms with van der Waals surface area (Å²) in [6.45, 7) is 2.12. The van der Waals surface area contributed by atoms with Crippen LogP contribution in [0.2, 0.25) is 0 Å². The third-order valence-electron chi connectivity index (χ3n) is 4.14. The van der Waals surface area contributed by atoms with Gasteiger partial charge in [-0.3, -0.25) is 9.59 Å². The fourth-order valence-corrected chi connectivity index (χ4v) is 2.95. The highest BCUT2D eigenvalue weighted by Gasteiger charge is 2.47. The van der Waals surface area contributed by atoms with Gasteiger partial charge in [0.15, 0.2) is 0 Å². The van der Waals surface area contributed by atoms with Gasteiger partial charge in [-0.2, -0.15) is 0 Å². The number of Topliss-reactive ketones (excluding diaryl/α,β-unsaturated/α-hetero) is 1. The Hall–Kier alpha value is -1.64. The van der Waals surface area contributed by atoms with E-state index in [1.54, 1.807) is 6.92 Å². The van der Waals surface area contributed by atoms with E-state index in [1.807, 2.05) is 30.3 Å². The van der Waals surface area contributed by atoms with Crippen molar-refractivity contribution >= 4 is 11.8 Å². The van der Waals surface area contributed by atoms with Crippen molar-refractivity contribution in [2.24, 2.45) is 5.41 Å². The third-order valence-corrected chi connectivity index (χ3v) is 4.14. The minimum absolute atomic E-state index is 0.0677. The minimum Gasteiger partial charge on any atom is -0.465 e. The lowest BCUT2D eigenvalue weighted by Gasteiger charge is -2.33. The van der Waals surface area contributed by atoms with E-state index in [0.29, 0.717) is 25.9 Å². The summed E-state index contributed by atoms with van der Waals surface area (Å²) in [7, 11) is 0. The fraction of sp³-hybridized carbons (Fsp3) is 0.529. The molecule has 0 N–H and O–H groups in total. The molecule has 1 saturated carbocycles. The Morgan fingerprint density at radius 3 is 2.65 bits per heavy atom. The normalized spacial score (nSPS) is 22.6. The number of ether oxygens (including phenoxy) is 1. The summed E-state index contributed by atoms with van der Waals surface area (Å²) >= 11 is 0. The Labute approximate surface area is 120 Å². The first-order valence-electron chi connectivity index (χ1n) is 7.43. The maximum atomic E-state index is 12.4. The smallest absolute Gasteiger partial charge is 0.319 e. The van der Waals surface area contributed by atoms with E-state index in [4.69, 9.17) is 4.74 Å². The van der Waals surface area contributed by atoms with Crippen LogP contribution >= 0.6 is 0 Å². The zero-order valence-electron chi connectivity index (χ0n) is 12.1. The van der Waals surface area contributed by atoms with Crippen molar-refractivity contribution in [3.05, 3.63) is 35.9 Å². The van der Waals surface area contributed by atoms with Gasteiger partial charge in [0.2, 0.25) is 0 Å². The average molecular weight is 274 g/mol. The molecule has 1 aliphatic carbocycles. The first-order valence-corrected chi connectivity index (χ1v) is 7.43. The maximum absolute atomic E-state index is 12.4. The topological polar surface area (TPSA) is 43.4 Å². The molecule has 0 aromatic heterocycles. The second-order valence-electron chi connectivity index (χ2n) is 5.42. The Bertz CT molecular complexity index is 466. The van der Waals surface area contributed by atoms with E-state index < -0.39 is 5.41 Å². The Balaban J connectivity index is 2.14. The molecule has 1 fully saturated rings. The number of carbonyl (C=O) groups excluding carboxylic acids is 2. The lowest BCUT2D eigenvalue weighted by molar-refractivity contribution is -0.162. The molecule has 0 radical (unpaired) electrons. The molecule has 0 amide bonds. The van der Waals surface area contributed by atoms with Crippen LogP contribution in [0.3, 0.4) is 0 Å². The van der Waals surface area contributed by atoms with Crippen LogP contribution in [0.5, 0.6) is 0 Å². The van der Waals surface area contributed by atoms with Crippen LogP contribution in [0.4, 0.5) is 0 Å². The molecule has 0 bridgehead atoms. The van der Waals surface area contributed by atoms with Crippen LogP contribution < -0.4 is 0 Å². The van der Waals surface area contributed by atoms with Gasteiger partial charge in [0.1, 0.15) is 11.2 Å². The lowest BCUT2D eigenvalue weighted by Crippen LogP contribution is -2.43.